The lowest BCUT2D eigenvalue weighted by Crippen LogP contribution is -2.28. The molecule has 10 nitrogen and oxygen atoms in total. The number of allylic oxidation sites excluding steroid dienone is 1. The highest BCUT2D eigenvalue weighted by molar-refractivity contribution is 7.90. The third-order valence-electron chi connectivity index (χ3n) is 5.74. The molecule has 0 spiro atoms. The Morgan fingerprint density at radius 3 is 2.56 bits per heavy atom. The van der Waals surface area contributed by atoms with Crippen molar-refractivity contribution >= 4 is 27.5 Å². The Morgan fingerprint density at radius 2 is 1.92 bits per heavy atom. The molecule has 2 aromatic rings. The van der Waals surface area contributed by atoms with Crippen molar-refractivity contribution in [2.24, 2.45) is 17.0 Å². The van der Waals surface area contributed by atoms with E-state index in [1.165, 1.54) is 0 Å². The summed E-state index contributed by atoms with van der Waals surface area (Å²) in [7, 11) is 1.92. The van der Waals surface area contributed by atoms with Crippen molar-refractivity contribution in [3.05, 3.63) is 59.7 Å². The lowest BCUT2D eigenvalue weighted by molar-refractivity contribution is 0.175. The van der Waals surface area contributed by atoms with E-state index in [1.807, 2.05) is 43.7 Å². The first kappa shape index (κ1) is 25.6. The van der Waals surface area contributed by atoms with Gasteiger partial charge in [-0.2, -0.15) is 5.10 Å². The minimum absolute atomic E-state index is 0.0334. The Morgan fingerprint density at radius 1 is 1.17 bits per heavy atom. The molecular weight excluding hydrogens is 482 g/mol. The molecule has 1 aromatic carbocycles. The Kier molecular flexibility index (Phi) is 7.90. The number of methoxy groups -OCH3 is 2. The van der Waals surface area contributed by atoms with E-state index in [2.05, 4.69) is 16.1 Å². The van der Waals surface area contributed by atoms with Crippen LogP contribution in [-0.4, -0.2) is 75.7 Å². The maximum absolute atomic E-state index is 11.4. The Labute approximate surface area is 211 Å². The van der Waals surface area contributed by atoms with E-state index < -0.39 is 9.84 Å². The van der Waals surface area contributed by atoms with Gasteiger partial charge in [-0.25, -0.2) is 13.4 Å². The van der Waals surface area contributed by atoms with Crippen molar-refractivity contribution in [3.8, 4) is 11.5 Å². The van der Waals surface area contributed by atoms with Crippen LogP contribution in [0.4, 0.5) is 5.69 Å². The fourth-order valence-electron chi connectivity index (χ4n) is 4.00. The van der Waals surface area contributed by atoms with Gasteiger partial charge in [0.15, 0.2) is 9.84 Å². The lowest BCUT2D eigenvalue weighted by Gasteiger charge is -2.30. The van der Waals surface area contributed by atoms with Gasteiger partial charge in [0.2, 0.25) is 0 Å². The van der Waals surface area contributed by atoms with Gasteiger partial charge in [0.1, 0.15) is 17.4 Å². The van der Waals surface area contributed by atoms with Crippen LogP contribution in [0.1, 0.15) is 18.4 Å². The molecule has 0 N–H and O–H groups in total. The predicted molar refractivity (Wildman–Crippen MR) is 140 cm³/mol. The summed E-state index contributed by atoms with van der Waals surface area (Å²) in [5.74, 6) is 1.05. The quantitative estimate of drug-likeness (QED) is 0.425. The standard InChI is InChI=1S/C25H31N5O5S/c1-29-16-18(14-27-29)25-15-26-23-7-6-19(12-24(23)28-25)30(8-5-9-35-17-36(4,31)32)20-10-21(33-2)13-22(11-20)34-3/h6,10-16,23H,5,7-9,17H2,1-4H3. The third kappa shape index (κ3) is 6.41. The molecule has 1 aromatic heterocycles. The van der Waals surface area contributed by atoms with Crippen LogP contribution in [0.2, 0.25) is 0 Å². The first-order valence-electron chi connectivity index (χ1n) is 11.5. The number of fused-ring (bicyclic) bond motifs is 1. The molecule has 1 unspecified atom stereocenters. The van der Waals surface area contributed by atoms with E-state index in [0.717, 1.165) is 34.6 Å². The highest BCUT2D eigenvalue weighted by Crippen LogP contribution is 2.34. The summed E-state index contributed by atoms with van der Waals surface area (Å²) in [4.78, 5) is 11.7. The van der Waals surface area contributed by atoms with Gasteiger partial charge in [0.05, 0.1) is 37.9 Å². The second-order valence-electron chi connectivity index (χ2n) is 8.66. The summed E-state index contributed by atoms with van der Waals surface area (Å²) in [6.45, 7) is 0.896. The van der Waals surface area contributed by atoms with Crippen molar-refractivity contribution in [3.63, 3.8) is 0 Å². The molecule has 0 amide bonds. The highest BCUT2D eigenvalue weighted by Gasteiger charge is 2.24. The summed E-state index contributed by atoms with van der Waals surface area (Å²) in [5, 5.41) is 4.24. The number of nitrogens with zero attached hydrogens (tertiary/aromatic N) is 5. The fraction of sp³-hybridized carbons (Fsp3) is 0.400. The van der Waals surface area contributed by atoms with Gasteiger partial charge in [-0.15, -0.1) is 0 Å². The molecule has 0 bridgehead atoms. The number of aliphatic imine (C=N–C) groups is 2. The molecule has 2 aliphatic rings. The van der Waals surface area contributed by atoms with Crippen molar-refractivity contribution in [1.29, 1.82) is 0 Å². The van der Waals surface area contributed by atoms with Gasteiger partial charge >= 0.3 is 0 Å². The lowest BCUT2D eigenvalue weighted by atomic mass is 10.0. The maximum atomic E-state index is 11.4. The SMILES string of the molecule is COc1cc(OC)cc(N(CCCOCS(C)(=O)=O)C2=CCC3N=CC(c4cnn(C)c4)=NC3=C2)c1. The number of sulfone groups is 1. The van der Waals surface area contributed by atoms with Crippen molar-refractivity contribution in [1.82, 2.24) is 9.78 Å². The van der Waals surface area contributed by atoms with Crippen molar-refractivity contribution in [2.75, 3.05) is 44.5 Å². The summed E-state index contributed by atoms with van der Waals surface area (Å²) in [6.07, 6.45) is 12.2. The monoisotopic (exact) mass is 513 g/mol. The topological polar surface area (TPSA) is 108 Å². The first-order chi connectivity index (χ1) is 17.3. The van der Waals surface area contributed by atoms with Crippen LogP contribution in [0.3, 0.4) is 0 Å². The Balaban J connectivity index is 1.61. The van der Waals surface area contributed by atoms with E-state index in [9.17, 15) is 8.42 Å². The molecule has 1 aliphatic heterocycles. The molecule has 1 atom stereocenters. The van der Waals surface area contributed by atoms with Crippen LogP contribution < -0.4 is 14.4 Å². The van der Waals surface area contributed by atoms with Crippen molar-refractivity contribution < 1.29 is 22.6 Å². The second kappa shape index (κ2) is 11.1. The first-order valence-corrected chi connectivity index (χ1v) is 13.6. The average molecular weight is 514 g/mol. The predicted octanol–water partition coefficient (Wildman–Crippen LogP) is 2.77. The van der Waals surface area contributed by atoms with E-state index in [0.29, 0.717) is 37.5 Å². The molecule has 0 radical (unpaired) electrons. The molecule has 0 saturated heterocycles. The van der Waals surface area contributed by atoms with Gasteiger partial charge in [-0.3, -0.25) is 9.67 Å². The zero-order valence-electron chi connectivity index (χ0n) is 20.9. The minimum atomic E-state index is -3.18. The van der Waals surface area contributed by atoms with E-state index in [1.54, 1.807) is 25.1 Å². The zero-order valence-corrected chi connectivity index (χ0v) is 21.7. The summed E-state index contributed by atoms with van der Waals surface area (Å²) < 4.78 is 40.9. The molecule has 0 fully saturated rings. The Hall–Kier alpha value is -3.44. The molecule has 4 rings (SSSR count). The Bertz CT molecular complexity index is 1300. The van der Waals surface area contributed by atoms with Crippen LogP contribution in [0.15, 0.2) is 64.1 Å². The van der Waals surface area contributed by atoms with E-state index in [-0.39, 0.29) is 12.0 Å². The van der Waals surface area contributed by atoms with Crippen LogP contribution in [0.5, 0.6) is 11.5 Å². The van der Waals surface area contributed by atoms with Gasteiger partial charge < -0.3 is 19.1 Å². The molecular formula is C25H31N5O5S. The minimum Gasteiger partial charge on any atom is -0.497 e. The highest BCUT2D eigenvalue weighted by atomic mass is 32.2. The van der Waals surface area contributed by atoms with Gasteiger partial charge in [-0.05, 0) is 18.9 Å². The van der Waals surface area contributed by atoms with Crippen LogP contribution >= 0.6 is 0 Å². The summed E-state index contributed by atoms with van der Waals surface area (Å²) >= 11 is 0. The smallest absolute Gasteiger partial charge is 0.171 e. The van der Waals surface area contributed by atoms with E-state index >= 15 is 0 Å². The molecule has 0 saturated carbocycles. The second-order valence-corrected chi connectivity index (χ2v) is 10.7. The zero-order chi connectivity index (χ0) is 25.7. The number of anilines is 1. The number of hydrogen-bond acceptors (Lipinski definition) is 9. The molecule has 1 aliphatic carbocycles. The molecule has 192 valence electrons. The fourth-order valence-corrected chi connectivity index (χ4v) is 4.42. The van der Waals surface area contributed by atoms with Gasteiger partial charge in [0.25, 0.3) is 0 Å². The van der Waals surface area contributed by atoms with Crippen LogP contribution in [0, 0.1) is 0 Å². The number of rotatable bonds is 11. The largest absolute Gasteiger partial charge is 0.497 e. The number of aromatic nitrogens is 2. The maximum Gasteiger partial charge on any atom is 0.171 e. The van der Waals surface area contributed by atoms with Crippen LogP contribution in [-0.2, 0) is 21.6 Å². The molecule has 36 heavy (non-hydrogen) atoms. The number of ether oxygens (including phenoxy) is 3. The number of aryl methyl sites for hydroxylation is 1. The number of hydrogen-bond donors (Lipinski definition) is 0. The van der Waals surface area contributed by atoms with E-state index in [4.69, 9.17) is 24.2 Å². The summed E-state index contributed by atoms with van der Waals surface area (Å²) in [6, 6.07) is 5.67. The molecule has 2 heterocycles. The van der Waals surface area contributed by atoms with Gasteiger partial charge in [-0.1, -0.05) is 6.08 Å². The summed E-state index contributed by atoms with van der Waals surface area (Å²) in [5.41, 5.74) is 4.41. The third-order valence-corrected chi connectivity index (χ3v) is 6.34. The average Bonchev–Trinajstić information content (AvgIpc) is 3.30. The normalized spacial score (nSPS) is 17.1. The van der Waals surface area contributed by atoms with Crippen molar-refractivity contribution in [2.45, 2.75) is 18.9 Å². The molecule has 11 heteroatoms. The van der Waals surface area contributed by atoms with Crippen LogP contribution in [0.25, 0.3) is 0 Å². The number of benzene rings is 1. The van der Waals surface area contributed by atoms with Gasteiger partial charge in [0, 0.05) is 74.0 Å².